The lowest BCUT2D eigenvalue weighted by Crippen LogP contribution is -2.49. The lowest BCUT2D eigenvalue weighted by atomic mass is 9.52. The zero-order valence-electron chi connectivity index (χ0n) is 15.1. The normalized spacial score (nSPS) is 51.9. The largest absolute Gasteiger partial charge is 0.390 e. The molecule has 5 heteroatoms. The van der Waals surface area contributed by atoms with Gasteiger partial charge in [0.25, 0.3) is 0 Å². The Hall–Kier alpha value is -0.720. The molecule has 8 atom stereocenters. The maximum atomic E-state index is 10.6. The first-order valence-electron chi connectivity index (χ1n) is 9.50. The highest BCUT2D eigenvalue weighted by molar-refractivity contribution is 5.41. The molecule has 0 unspecified atom stereocenters. The Balaban J connectivity index is 1.83. The van der Waals surface area contributed by atoms with Crippen molar-refractivity contribution in [3.8, 4) is 0 Å². The average Bonchev–Trinajstić information content (AvgIpc) is 2.80. The van der Waals surface area contributed by atoms with Gasteiger partial charge in [-0.15, -0.1) is 0 Å². The van der Waals surface area contributed by atoms with Crippen molar-refractivity contribution >= 4 is 0 Å². The molecule has 4 rings (SSSR count). The van der Waals surface area contributed by atoms with Crippen LogP contribution in [-0.2, 0) is 4.74 Å². The number of fused-ring (bicyclic) bond motifs is 4. The molecule has 0 amide bonds. The Bertz CT molecular complexity index is 613. The minimum atomic E-state index is -0.712. The van der Waals surface area contributed by atoms with Crippen LogP contribution in [0.2, 0.25) is 0 Å². The predicted molar refractivity (Wildman–Crippen MR) is 92.4 cm³/mol. The Morgan fingerprint density at radius 2 is 1.92 bits per heavy atom. The number of aliphatic hydroxyl groups is 4. The molecule has 25 heavy (non-hydrogen) atoms. The molecule has 0 aromatic carbocycles. The molecule has 0 aliphatic heterocycles. The van der Waals surface area contributed by atoms with Gasteiger partial charge in [0.1, 0.15) is 6.79 Å². The summed E-state index contributed by atoms with van der Waals surface area (Å²) in [6.07, 6.45) is 5.76. The second-order valence-corrected chi connectivity index (χ2v) is 8.90. The van der Waals surface area contributed by atoms with Crippen LogP contribution in [0.3, 0.4) is 0 Å². The summed E-state index contributed by atoms with van der Waals surface area (Å²) in [5, 5.41) is 40.4. The van der Waals surface area contributed by atoms with Crippen molar-refractivity contribution in [2.45, 2.75) is 70.4 Å². The van der Waals surface area contributed by atoms with Gasteiger partial charge in [-0.2, -0.15) is 0 Å². The second kappa shape index (κ2) is 5.89. The third kappa shape index (κ3) is 2.40. The van der Waals surface area contributed by atoms with Crippen LogP contribution in [0.5, 0.6) is 0 Å². The van der Waals surface area contributed by atoms with Crippen LogP contribution in [0.4, 0.5) is 0 Å². The number of hydrogen-bond donors (Lipinski definition) is 4. The monoisotopic (exact) mass is 350 g/mol. The van der Waals surface area contributed by atoms with Crippen molar-refractivity contribution in [2.75, 3.05) is 6.79 Å². The summed E-state index contributed by atoms with van der Waals surface area (Å²) in [7, 11) is 0. The molecule has 0 saturated heterocycles. The van der Waals surface area contributed by atoms with Crippen LogP contribution in [0.1, 0.15) is 46.0 Å². The number of hydrogen-bond acceptors (Lipinski definition) is 5. The van der Waals surface area contributed by atoms with E-state index in [1.165, 1.54) is 11.1 Å². The number of rotatable bonds is 2. The molecule has 4 N–H and O–H groups in total. The van der Waals surface area contributed by atoms with Gasteiger partial charge in [0.05, 0.1) is 24.4 Å². The predicted octanol–water partition coefficient (Wildman–Crippen LogP) is 1.51. The van der Waals surface area contributed by atoms with E-state index < -0.39 is 18.3 Å². The van der Waals surface area contributed by atoms with Gasteiger partial charge >= 0.3 is 0 Å². The first kappa shape index (κ1) is 17.7. The molecule has 0 aromatic heterocycles. The molecule has 4 aliphatic carbocycles. The SMILES string of the molecule is C[C@]12CCC3=C([C@@H](OCO)C[C@@H]4C[C@@H](O)C=C[C@]34C)[C@@H]1C[C@@H](O)[C@@H]2O. The molecule has 4 aliphatic rings. The molecule has 1 saturated carbocycles. The maximum Gasteiger partial charge on any atom is 0.144 e. The fourth-order valence-electron chi connectivity index (χ4n) is 6.22. The van der Waals surface area contributed by atoms with Gasteiger partial charge in [-0.3, -0.25) is 0 Å². The van der Waals surface area contributed by atoms with Crippen molar-refractivity contribution in [2.24, 2.45) is 22.7 Å². The van der Waals surface area contributed by atoms with Crippen molar-refractivity contribution in [1.29, 1.82) is 0 Å². The minimum absolute atomic E-state index is 0.0795. The first-order valence-corrected chi connectivity index (χ1v) is 9.50. The molecule has 0 radical (unpaired) electrons. The van der Waals surface area contributed by atoms with E-state index in [1.54, 1.807) is 0 Å². The summed E-state index contributed by atoms with van der Waals surface area (Å²) in [5.74, 6) is 0.360. The average molecular weight is 350 g/mol. The Morgan fingerprint density at radius 1 is 1.16 bits per heavy atom. The zero-order valence-corrected chi connectivity index (χ0v) is 15.1. The van der Waals surface area contributed by atoms with E-state index in [0.717, 1.165) is 19.3 Å². The van der Waals surface area contributed by atoms with E-state index >= 15 is 0 Å². The van der Waals surface area contributed by atoms with E-state index in [0.29, 0.717) is 12.8 Å². The van der Waals surface area contributed by atoms with Gasteiger partial charge in [0, 0.05) is 10.8 Å². The summed E-state index contributed by atoms with van der Waals surface area (Å²) < 4.78 is 5.73. The highest BCUT2D eigenvalue weighted by atomic mass is 16.6. The van der Waals surface area contributed by atoms with Crippen molar-refractivity contribution < 1.29 is 25.2 Å². The second-order valence-electron chi connectivity index (χ2n) is 8.90. The molecule has 0 spiro atoms. The fourth-order valence-corrected chi connectivity index (χ4v) is 6.22. The van der Waals surface area contributed by atoms with Gasteiger partial charge in [-0.1, -0.05) is 31.6 Å². The quantitative estimate of drug-likeness (QED) is 0.448. The number of allylic oxidation sites excluding steroid dienone is 2. The highest BCUT2D eigenvalue weighted by Gasteiger charge is 2.59. The lowest BCUT2D eigenvalue weighted by Gasteiger charge is -2.54. The third-order valence-corrected chi connectivity index (χ3v) is 7.76. The highest BCUT2D eigenvalue weighted by Crippen LogP contribution is 2.62. The van der Waals surface area contributed by atoms with Gasteiger partial charge in [0.2, 0.25) is 0 Å². The number of ether oxygens (including phenoxy) is 1. The summed E-state index contributed by atoms with van der Waals surface area (Å²) >= 11 is 0. The lowest BCUT2D eigenvalue weighted by molar-refractivity contribution is -0.0729. The molecule has 140 valence electrons. The summed E-state index contributed by atoms with van der Waals surface area (Å²) in [4.78, 5) is 0. The smallest absolute Gasteiger partial charge is 0.144 e. The van der Waals surface area contributed by atoms with E-state index in [-0.39, 0.29) is 35.6 Å². The third-order valence-electron chi connectivity index (χ3n) is 7.76. The molecular weight excluding hydrogens is 320 g/mol. The van der Waals surface area contributed by atoms with Gasteiger partial charge < -0.3 is 25.2 Å². The van der Waals surface area contributed by atoms with Crippen molar-refractivity contribution in [1.82, 2.24) is 0 Å². The van der Waals surface area contributed by atoms with Crippen LogP contribution in [0.15, 0.2) is 23.3 Å². The van der Waals surface area contributed by atoms with Gasteiger partial charge in [-0.25, -0.2) is 0 Å². The molecule has 0 bridgehead atoms. The van der Waals surface area contributed by atoms with E-state index in [4.69, 9.17) is 4.74 Å². The standard InChI is InChI=1S/C20H30O5/c1-19-5-3-12(22)7-11(19)8-16(25-10-21)17-13(19)4-6-20(2)14(17)9-15(23)18(20)24/h3,5,11-12,14-16,18,21-24H,4,6-10H2,1-2H3/t11-,12-,14-,15+,16-,18-,19-,20-/m0/s1. The topological polar surface area (TPSA) is 90.2 Å². The van der Waals surface area contributed by atoms with Crippen LogP contribution in [0.25, 0.3) is 0 Å². The van der Waals surface area contributed by atoms with Gasteiger partial charge in [-0.05, 0) is 49.5 Å². The number of aliphatic hydroxyl groups excluding tert-OH is 4. The molecule has 1 fully saturated rings. The van der Waals surface area contributed by atoms with Crippen LogP contribution < -0.4 is 0 Å². The van der Waals surface area contributed by atoms with E-state index in [9.17, 15) is 20.4 Å². The molecule has 5 nitrogen and oxygen atoms in total. The maximum absolute atomic E-state index is 10.6. The molecular formula is C20H30O5. The van der Waals surface area contributed by atoms with Crippen LogP contribution in [0, 0.1) is 22.7 Å². The molecule has 0 heterocycles. The summed E-state index contributed by atoms with van der Waals surface area (Å²) in [5.41, 5.74) is 2.09. The summed E-state index contributed by atoms with van der Waals surface area (Å²) in [6, 6.07) is 0. The van der Waals surface area contributed by atoms with Crippen LogP contribution >= 0.6 is 0 Å². The summed E-state index contributed by atoms with van der Waals surface area (Å²) in [6.45, 7) is 3.99. The first-order chi connectivity index (χ1) is 11.8. The van der Waals surface area contributed by atoms with E-state index in [1.807, 2.05) is 6.08 Å². The Kier molecular flexibility index (Phi) is 4.17. The van der Waals surface area contributed by atoms with Gasteiger partial charge in [0.15, 0.2) is 0 Å². The van der Waals surface area contributed by atoms with Crippen molar-refractivity contribution in [3.63, 3.8) is 0 Å². The van der Waals surface area contributed by atoms with Crippen molar-refractivity contribution in [3.05, 3.63) is 23.3 Å². The Morgan fingerprint density at radius 3 is 2.64 bits per heavy atom. The fraction of sp³-hybridized carbons (Fsp3) is 0.800. The minimum Gasteiger partial charge on any atom is -0.390 e. The zero-order chi connectivity index (χ0) is 18.0. The molecule has 0 aromatic rings. The van der Waals surface area contributed by atoms with E-state index in [2.05, 4.69) is 19.9 Å². The van der Waals surface area contributed by atoms with Crippen LogP contribution in [-0.4, -0.2) is 51.6 Å². The Labute approximate surface area is 149 Å².